The molecular weight excluding hydrogens is 278 g/mol. The van der Waals surface area contributed by atoms with Gasteiger partial charge in [0.15, 0.2) is 0 Å². The Morgan fingerprint density at radius 1 is 1.09 bits per heavy atom. The molecule has 0 heterocycles. The lowest BCUT2D eigenvalue weighted by molar-refractivity contribution is -0.152. The minimum Gasteiger partial charge on any atom is -0.467 e. The molecule has 3 fully saturated rings. The van der Waals surface area contributed by atoms with Crippen molar-refractivity contribution in [2.24, 2.45) is 17.8 Å². The quantitative estimate of drug-likeness (QED) is 0.641. The zero-order valence-corrected chi connectivity index (χ0v) is 13.7. The molecule has 3 unspecified atom stereocenters. The Balaban J connectivity index is 1.62. The van der Waals surface area contributed by atoms with E-state index in [2.05, 4.69) is 5.32 Å². The molecule has 4 heteroatoms. The lowest BCUT2D eigenvalue weighted by atomic mass is 9.85. The summed E-state index contributed by atoms with van der Waals surface area (Å²) < 4.78 is 5.02. The number of hydrogen-bond acceptors (Lipinski definition) is 3. The summed E-state index contributed by atoms with van der Waals surface area (Å²) in [4.78, 5) is 24.9. The zero-order chi connectivity index (χ0) is 15.6. The molecule has 0 aromatic rings. The van der Waals surface area contributed by atoms with Crippen molar-refractivity contribution in [3.8, 4) is 0 Å². The highest BCUT2D eigenvalue weighted by Gasteiger charge is 2.43. The molecule has 2 bridgehead atoms. The van der Waals surface area contributed by atoms with Gasteiger partial charge in [0.2, 0.25) is 5.91 Å². The lowest BCUT2D eigenvalue weighted by Crippen LogP contribution is -2.55. The number of ether oxygens (including phenoxy) is 1. The molecule has 22 heavy (non-hydrogen) atoms. The van der Waals surface area contributed by atoms with Crippen LogP contribution in [0.1, 0.15) is 70.6 Å². The number of carbonyl (C=O) groups excluding carboxylic acids is 2. The first-order chi connectivity index (χ1) is 10.6. The Morgan fingerprint density at radius 3 is 2.36 bits per heavy atom. The fraction of sp³-hybridized carbons (Fsp3) is 0.889. The Bertz CT molecular complexity index is 426. The van der Waals surface area contributed by atoms with Crippen molar-refractivity contribution in [2.75, 3.05) is 7.11 Å². The van der Waals surface area contributed by atoms with Crippen molar-refractivity contribution in [3.63, 3.8) is 0 Å². The summed E-state index contributed by atoms with van der Waals surface area (Å²) in [6.45, 7) is 0. The van der Waals surface area contributed by atoms with Crippen LogP contribution in [0, 0.1) is 17.8 Å². The van der Waals surface area contributed by atoms with Crippen LogP contribution in [0.3, 0.4) is 0 Å². The summed E-state index contributed by atoms with van der Waals surface area (Å²) in [5, 5.41) is 3.10. The van der Waals surface area contributed by atoms with Gasteiger partial charge in [-0.1, -0.05) is 32.1 Å². The van der Waals surface area contributed by atoms with E-state index in [9.17, 15) is 9.59 Å². The zero-order valence-electron chi connectivity index (χ0n) is 13.7. The highest BCUT2D eigenvalue weighted by Crippen LogP contribution is 2.49. The van der Waals surface area contributed by atoms with Crippen molar-refractivity contribution in [1.29, 1.82) is 0 Å². The highest BCUT2D eigenvalue weighted by molar-refractivity contribution is 5.88. The fourth-order valence-electron chi connectivity index (χ4n) is 5.09. The van der Waals surface area contributed by atoms with Crippen molar-refractivity contribution in [1.82, 2.24) is 5.32 Å². The first kappa shape index (κ1) is 15.8. The molecule has 124 valence electrons. The largest absolute Gasteiger partial charge is 0.467 e. The van der Waals surface area contributed by atoms with E-state index < -0.39 is 5.54 Å². The number of esters is 1. The molecule has 0 aromatic carbocycles. The Morgan fingerprint density at radius 2 is 1.82 bits per heavy atom. The van der Waals surface area contributed by atoms with Crippen LogP contribution in [0.25, 0.3) is 0 Å². The molecule has 0 aromatic heterocycles. The maximum Gasteiger partial charge on any atom is 0.331 e. The predicted octanol–water partition coefficient (Wildman–Crippen LogP) is 3.19. The van der Waals surface area contributed by atoms with Crippen LogP contribution in [0.4, 0.5) is 0 Å². The minimum atomic E-state index is -0.764. The summed E-state index contributed by atoms with van der Waals surface area (Å²) in [6, 6.07) is 0. The van der Waals surface area contributed by atoms with E-state index in [1.807, 2.05) is 0 Å². The molecule has 3 rings (SSSR count). The van der Waals surface area contributed by atoms with Crippen molar-refractivity contribution in [3.05, 3.63) is 0 Å². The Labute approximate surface area is 133 Å². The number of nitrogens with one attached hydrogen (secondary N) is 1. The number of amides is 1. The van der Waals surface area contributed by atoms with Crippen LogP contribution >= 0.6 is 0 Å². The topological polar surface area (TPSA) is 55.4 Å². The van der Waals surface area contributed by atoms with Gasteiger partial charge in [0.05, 0.1) is 7.11 Å². The maximum absolute atomic E-state index is 12.6. The summed E-state index contributed by atoms with van der Waals surface area (Å²) in [7, 11) is 1.43. The molecule has 3 aliphatic carbocycles. The molecule has 3 saturated carbocycles. The first-order valence-electron chi connectivity index (χ1n) is 9.02. The summed E-state index contributed by atoms with van der Waals surface area (Å²) in [6.07, 6.45) is 11.5. The van der Waals surface area contributed by atoms with E-state index in [-0.39, 0.29) is 11.9 Å². The third-order valence-corrected chi connectivity index (χ3v) is 6.24. The minimum absolute atomic E-state index is 0.0600. The second kappa shape index (κ2) is 6.59. The number of hydrogen-bond donors (Lipinski definition) is 1. The third-order valence-electron chi connectivity index (χ3n) is 6.24. The van der Waals surface area contributed by atoms with Crippen molar-refractivity contribution >= 4 is 11.9 Å². The van der Waals surface area contributed by atoms with Crippen LogP contribution < -0.4 is 5.32 Å². The molecule has 3 aliphatic rings. The number of carbonyl (C=O) groups is 2. The fourth-order valence-corrected chi connectivity index (χ4v) is 5.09. The van der Waals surface area contributed by atoms with E-state index >= 15 is 0 Å². The van der Waals surface area contributed by atoms with Gasteiger partial charge >= 0.3 is 5.97 Å². The van der Waals surface area contributed by atoms with Crippen molar-refractivity contribution < 1.29 is 14.3 Å². The summed E-state index contributed by atoms with van der Waals surface area (Å²) in [5.74, 6) is 1.95. The second-order valence-corrected chi connectivity index (χ2v) is 7.68. The van der Waals surface area contributed by atoms with E-state index in [4.69, 9.17) is 4.74 Å². The predicted molar refractivity (Wildman–Crippen MR) is 84.1 cm³/mol. The average Bonchev–Trinajstić information content (AvgIpc) is 3.04. The monoisotopic (exact) mass is 307 g/mol. The third kappa shape index (κ3) is 3.16. The first-order valence-corrected chi connectivity index (χ1v) is 9.02. The van der Waals surface area contributed by atoms with Gasteiger partial charge in [-0.3, -0.25) is 4.79 Å². The van der Waals surface area contributed by atoms with Crippen molar-refractivity contribution in [2.45, 2.75) is 76.2 Å². The Kier molecular flexibility index (Phi) is 4.74. The molecule has 0 aliphatic heterocycles. The highest BCUT2D eigenvalue weighted by atomic mass is 16.5. The van der Waals surface area contributed by atoms with Gasteiger partial charge in [-0.2, -0.15) is 0 Å². The van der Waals surface area contributed by atoms with Gasteiger partial charge in [-0.05, 0) is 49.9 Å². The molecule has 0 saturated heterocycles. The molecule has 0 spiro atoms. The lowest BCUT2D eigenvalue weighted by Gasteiger charge is -2.32. The van der Waals surface area contributed by atoms with Gasteiger partial charge in [-0.25, -0.2) is 4.79 Å². The van der Waals surface area contributed by atoms with Gasteiger partial charge in [-0.15, -0.1) is 0 Å². The van der Waals surface area contributed by atoms with E-state index in [0.717, 1.165) is 50.4 Å². The van der Waals surface area contributed by atoms with E-state index in [1.165, 1.54) is 32.8 Å². The molecule has 1 amide bonds. The smallest absolute Gasteiger partial charge is 0.331 e. The van der Waals surface area contributed by atoms with Gasteiger partial charge in [0.1, 0.15) is 5.54 Å². The standard InChI is InChI=1S/C18H29NO3/c1-22-17(21)18(8-4-2-3-5-9-18)19-16(20)12-15-11-13-6-7-14(15)10-13/h13-15H,2-12H2,1H3,(H,19,20). The van der Waals surface area contributed by atoms with Crippen LogP contribution in [0.5, 0.6) is 0 Å². The second-order valence-electron chi connectivity index (χ2n) is 7.68. The number of fused-ring (bicyclic) bond motifs is 2. The van der Waals surface area contributed by atoms with Crippen LogP contribution in [0.15, 0.2) is 0 Å². The molecule has 1 N–H and O–H groups in total. The van der Waals surface area contributed by atoms with Crippen LogP contribution in [0.2, 0.25) is 0 Å². The molecule has 4 nitrogen and oxygen atoms in total. The van der Waals surface area contributed by atoms with Gasteiger partial charge < -0.3 is 10.1 Å². The molecule has 3 atom stereocenters. The SMILES string of the molecule is COC(=O)C1(NC(=O)CC2CC3CCC2C3)CCCCCC1. The maximum atomic E-state index is 12.6. The Hall–Kier alpha value is -1.06. The van der Waals surface area contributed by atoms with Gasteiger partial charge in [0, 0.05) is 6.42 Å². The number of rotatable bonds is 4. The average molecular weight is 307 g/mol. The number of methoxy groups -OCH3 is 1. The normalized spacial score (nSPS) is 33.2. The van der Waals surface area contributed by atoms with E-state index in [0.29, 0.717) is 12.3 Å². The molecular formula is C18H29NO3. The summed E-state index contributed by atoms with van der Waals surface area (Å²) in [5.41, 5.74) is -0.764. The molecule has 0 radical (unpaired) electrons. The van der Waals surface area contributed by atoms with E-state index in [1.54, 1.807) is 0 Å². The summed E-state index contributed by atoms with van der Waals surface area (Å²) >= 11 is 0. The van der Waals surface area contributed by atoms with Crippen LogP contribution in [-0.4, -0.2) is 24.5 Å². The van der Waals surface area contributed by atoms with Crippen LogP contribution in [-0.2, 0) is 14.3 Å². The van der Waals surface area contributed by atoms with Gasteiger partial charge in [0.25, 0.3) is 0 Å².